The van der Waals surface area contributed by atoms with Gasteiger partial charge >= 0.3 is 0 Å². The third-order valence-electron chi connectivity index (χ3n) is 3.21. The summed E-state index contributed by atoms with van der Waals surface area (Å²) in [6.07, 6.45) is 1.60. The van der Waals surface area contributed by atoms with E-state index in [2.05, 4.69) is 14.9 Å². The fourth-order valence-corrected chi connectivity index (χ4v) is 3.02. The Balaban J connectivity index is 1.80. The van der Waals surface area contributed by atoms with Gasteiger partial charge in [-0.3, -0.25) is 5.10 Å². The van der Waals surface area contributed by atoms with Crippen LogP contribution in [0, 0.1) is 6.92 Å². The Bertz CT molecular complexity index is 755. The molecule has 2 N–H and O–H groups in total. The van der Waals surface area contributed by atoms with Crippen molar-refractivity contribution in [3.63, 3.8) is 0 Å². The van der Waals surface area contributed by atoms with Crippen molar-refractivity contribution in [3.05, 3.63) is 35.7 Å². The van der Waals surface area contributed by atoms with Gasteiger partial charge in [0.2, 0.25) is 10.0 Å². The van der Waals surface area contributed by atoms with E-state index in [1.54, 1.807) is 12.3 Å². The molecule has 0 saturated carbocycles. The molecule has 1 aliphatic rings. The number of ether oxygens (including phenoxy) is 2. The molecule has 8 heteroatoms. The average Bonchev–Trinajstić information content (AvgIpc) is 2.90. The van der Waals surface area contributed by atoms with E-state index < -0.39 is 10.0 Å². The maximum absolute atomic E-state index is 12.3. The first kappa shape index (κ1) is 13.9. The number of aromatic amines is 1. The van der Waals surface area contributed by atoms with Crippen LogP contribution in [-0.4, -0.2) is 31.8 Å². The Morgan fingerprint density at radius 3 is 2.76 bits per heavy atom. The quantitative estimate of drug-likeness (QED) is 0.877. The molecule has 1 aliphatic heterocycles. The molecule has 112 valence electrons. The zero-order valence-corrected chi connectivity index (χ0v) is 12.2. The number of aryl methyl sites for hydroxylation is 1. The molecule has 0 amide bonds. The Kier molecular flexibility index (Phi) is 3.56. The van der Waals surface area contributed by atoms with Crippen LogP contribution in [0.25, 0.3) is 0 Å². The molecule has 1 aromatic heterocycles. The molecule has 0 aliphatic carbocycles. The summed E-state index contributed by atoms with van der Waals surface area (Å²) >= 11 is 0. The summed E-state index contributed by atoms with van der Waals surface area (Å²) in [5.41, 5.74) is 1.64. The molecule has 0 spiro atoms. The minimum Gasteiger partial charge on any atom is -0.486 e. The molecule has 21 heavy (non-hydrogen) atoms. The summed E-state index contributed by atoms with van der Waals surface area (Å²) in [4.78, 5) is 0.146. The Morgan fingerprint density at radius 2 is 2.05 bits per heavy atom. The van der Waals surface area contributed by atoms with Gasteiger partial charge in [0, 0.05) is 23.9 Å². The lowest BCUT2D eigenvalue weighted by Gasteiger charge is -2.18. The third-order valence-corrected chi connectivity index (χ3v) is 4.61. The molecule has 0 radical (unpaired) electrons. The van der Waals surface area contributed by atoms with E-state index in [9.17, 15) is 8.42 Å². The number of rotatable bonds is 4. The minimum absolute atomic E-state index is 0.146. The van der Waals surface area contributed by atoms with Gasteiger partial charge in [0.1, 0.15) is 13.2 Å². The summed E-state index contributed by atoms with van der Waals surface area (Å²) in [6, 6.07) is 4.57. The molecule has 0 saturated heterocycles. The van der Waals surface area contributed by atoms with Crippen LogP contribution < -0.4 is 14.2 Å². The summed E-state index contributed by atoms with van der Waals surface area (Å²) in [6.45, 7) is 2.90. The Hall–Kier alpha value is -2.06. The van der Waals surface area contributed by atoms with Crippen LogP contribution in [0.4, 0.5) is 0 Å². The van der Waals surface area contributed by atoms with Crippen LogP contribution in [0.5, 0.6) is 11.5 Å². The van der Waals surface area contributed by atoms with E-state index in [1.165, 1.54) is 12.1 Å². The first-order chi connectivity index (χ1) is 10.1. The van der Waals surface area contributed by atoms with Crippen molar-refractivity contribution in [2.75, 3.05) is 13.2 Å². The summed E-state index contributed by atoms with van der Waals surface area (Å²) in [7, 11) is -3.61. The van der Waals surface area contributed by atoms with Crippen LogP contribution >= 0.6 is 0 Å². The third kappa shape index (κ3) is 2.86. The van der Waals surface area contributed by atoms with Crippen molar-refractivity contribution in [1.82, 2.24) is 14.9 Å². The second-order valence-electron chi connectivity index (χ2n) is 4.65. The fourth-order valence-electron chi connectivity index (χ4n) is 2.00. The number of H-pyrrole nitrogens is 1. The lowest BCUT2D eigenvalue weighted by atomic mass is 10.3. The van der Waals surface area contributed by atoms with Crippen LogP contribution in [0.1, 0.15) is 11.3 Å². The number of sulfonamides is 1. The van der Waals surface area contributed by atoms with Gasteiger partial charge in [0.15, 0.2) is 11.5 Å². The second-order valence-corrected chi connectivity index (χ2v) is 6.42. The highest BCUT2D eigenvalue weighted by Gasteiger charge is 2.19. The molecule has 0 fully saturated rings. The van der Waals surface area contributed by atoms with Crippen LogP contribution in [-0.2, 0) is 16.6 Å². The molecule has 0 unspecified atom stereocenters. The van der Waals surface area contributed by atoms with E-state index in [0.717, 1.165) is 11.3 Å². The molecule has 2 aromatic rings. The van der Waals surface area contributed by atoms with Crippen LogP contribution in [0.2, 0.25) is 0 Å². The minimum atomic E-state index is -3.61. The van der Waals surface area contributed by atoms with E-state index in [0.29, 0.717) is 24.7 Å². The first-order valence-electron chi connectivity index (χ1n) is 6.44. The van der Waals surface area contributed by atoms with Crippen LogP contribution in [0.3, 0.4) is 0 Å². The number of hydrogen-bond donors (Lipinski definition) is 2. The van der Waals surface area contributed by atoms with E-state index in [1.807, 2.05) is 6.92 Å². The Morgan fingerprint density at radius 1 is 1.29 bits per heavy atom. The molecule has 3 rings (SSSR count). The van der Waals surface area contributed by atoms with Gasteiger partial charge in [-0.2, -0.15) is 5.10 Å². The summed E-state index contributed by atoms with van der Waals surface area (Å²) < 4.78 is 37.9. The molecule has 0 atom stereocenters. The SMILES string of the molecule is Cc1[nH]ncc1CNS(=O)(=O)c1ccc2c(c1)OCCO2. The zero-order valence-electron chi connectivity index (χ0n) is 11.4. The lowest BCUT2D eigenvalue weighted by molar-refractivity contribution is 0.171. The van der Waals surface area contributed by atoms with Gasteiger partial charge in [-0.15, -0.1) is 0 Å². The molecular formula is C13H15N3O4S. The average molecular weight is 309 g/mol. The number of nitrogens with zero attached hydrogens (tertiary/aromatic N) is 1. The maximum atomic E-state index is 12.3. The van der Waals surface area contributed by atoms with E-state index >= 15 is 0 Å². The van der Waals surface area contributed by atoms with Gasteiger partial charge in [0.25, 0.3) is 0 Å². The summed E-state index contributed by atoms with van der Waals surface area (Å²) in [5.74, 6) is 1.01. The van der Waals surface area contributed by atoms with Crippen LogP contribution in [0.15, 0.2) is 29.3 Å². The van der Waals surface area contributed by atoms with Gasteiger partial charge in [-0.25, -0.2) is 13.1 Å². The predicted octanol–water partition coefficient (Wildman–Crippen LogP) is 0.968. The van der Waals surface area contributed by atoms with Crippen molar-refractivity contribution in [1.29, 1.82) is 0 Å². The predicted molar refractivity (Wildman–Crippen MR) is 74.8 cm³/mol. The smallest absolute Gasteiger partial charge is 0.241 e. The molecule has 2 heterocycles. The highest BCUT2D eigenvalue weighted by molar-refractivity contribution is 7.89. The number of fused-ring (bicyclic) bond motifs is 1. The zero-order chi connectivity index (χ0) is 14.9. The molecular weight excluding hydrogens is 294 g/mol. The number of hydrogen-bond acceptors (Lipinski definition) is 5. The Labute approximate surface area is 122 Å². The largest absolute Gasteiger partial charge is 0.486 e. The van der Waals surface area contributed by atoms with Gasteiger partial charge < -0.3 is 9.47 Å². The van der Waals surface area contributed by atoms with Gasteiger partial charge in [-0.1, -0.05) is 0 Å². The molecule has 0 bridgehead atoms. The lowest BCUT2D eigenvalue weighted by Crippen LogP contribution is -2.24. The van der Waals surface area contributed by atoms with Gasteiger partial charge in [-0.05, 0) is 19.1 Å². The number of aromatic nitrogens is 2. The van der Waals surface area contributed by atoms with Crippen molar-refractivity contribution in [2.24, 2.45) is 0 Å². The number of nitrogens with one attached hydrogen (secondary N) is 2. The van der Waals surface area contributed by atoms with Crippen molar-refractivity contribution < 1.29 is 17.9 Å². The molecule has 7 nitrogen and oxygen atoms in total. The normalized spacial score (nSPS) is 14.1. The van der Waals surface area contributed by atoms with E-state index in [4.69, 9.17) is 9.47 Å². The fraction of sp³-hybridized carbons (Fsp3) is 0.308. The number of benzene rings is 1. The monoisotopic (exact) mass is 309 g/mol. The standard InChI is InChI=1S/C13H15N3O4S/c1-9-10(7-14-16-9)8-15-21(17,18)11-2-3-12-13(6-11)20-5-4-19-12/h2-3,6-7,15H,4-5,8H2,1H3,(H,14,16). The van der Waals surface area contributed by atoms with Crippen molar-refractivity contribution >= 4 is 10.0 Å². The molecule has 1 aromatic carbocycles. The van der Waals surface area contributed by atoms with Crippen molar-refractivity contribution in [3.8, 4) is 11.5 Å². The van der Waals surface area contributed by atoms with E-state index in [-0.39, 0.29) is 11.4 Å². The second kappa shape index (κ2) is 5.38. The topological polar surface area (TPSA) is 93.3 Å². The highest BCUT2D eigenvalue weighted by atomic mass is 32.2. The maximum Gasteiger partial charge on any atom is 0.241 e. The van der Waals surface area contributed by atoms with Crippen molar-refractivity contribution in [2.45, 2.75) is 18.4 Å². The van der Waals surface area contributed by atoms with Gasteiger partial charge in [0.05, 0.1) is 11.1 Å². The first-order valence-corrected chi connectivity index (χ1v) is 7.93. The highest BCUT2D eigenvalue weighted by Crippen LogP contribution is 2.32. The summed E-state index contributed by atoms with van der Waals surface area (Å²) in [5, 5.41) is 6.62.